The molecule has 1 aliphatic heterocycles. The van der Waals surface area contributed by atoms with Crippen molar-refractivity contribution in [1.82, 2.24) is 9.29 Å². The molecule has 0 aliphatic carbocycles. The number of aryl methyl sites for hydroxylation is 1. The summed E-state index contributed by atoms with van der Waals surface area (Å²) in [6, 6.07) is 10.9. The van der Waals surface area contributed by atoms with Gasteiger partial charge in [-0.05, 0) is 45.2 Å². The largest absolute Gasteiger partial charge is 0.385 e. The molecule has 3 aromatic rings. The molecular weight excluding hydrogens is 510 g/mol. The highest BCUT2D eigenvalue weighted by molar-refractivity contribution is 7.91. The predicted molar refractivity (Wildman–Crippen MR) is 150 cm³/mol. The molecule has 0 radical (unpaired) electrons. The van der Waals surface area contributed by atoms with E-state index in [1.54, 1.807) is 14.0 Å². The Labute approximate surface area is 222 Å². The minimum Gasteiger partial charge on any atom is -0.385 e. The van der Waals surface area contributed by atoms with Crippen molar-refractivity contribution in [1.29, 1.82) is 0 Å². The Balaban J connectivity index is 1.58. The van der Waals surface area contributed by atoms with E-state index in [1.165, 1.54) is 4.31 Å². The van der Waals surface area contributed by atoms with E-state index in [2.05, 4.69) is 20.9 Å². The van der Waals surface area contributed by atoms with E-state index < -0.39 is 16.1 Å². The number of fused-ring (bicyclic) bond motifs is 1. The summed E-state index contributed by atoms with van der Waals surface area (Å²) in [5.74, 6) is -0.316. The van der Waals surface area contributed by atoms with Crippen molar-refractivity contribution in [2.24, 2.45) is 0 Å². The van der Waals surface area contributed by atoms with Gasteiger partial charge in [0, 0.05) is 55.5 Å². The average Bonchev–Trinajstić information content (AvgIpc) is 3.28. The van der Waals surface area contributed by atoms with Crippen LogP contribution < -0.4 is 16.0 Å². The Hall–Kier alpha value is -2.73. The van der Waals surface area contributed by atoms with Gasteiger partial charge < -0.3 is 20.7 Å². The van der Waals surface area contributed by atoms with Gasteiger partial charge in [0.1, 0.15) is 6.04 Å². The third-order valence-corrected chi connectivity index (χ3v) is 10.0. The van der Waals surface area contributed by atoms with Gasteiger partial charge in [0.15, 0.2) is 9.34 Å². The van der Waals surface area contributed by atoms with Crippen molar-refractivity contribution in [3.05, 3.63) is 42.1 Å². The van der Waals surface area contributed by atoms with E-state index in [0.29, 0.717) is 49.1 Å². The van der Waals surface area contributed by atoms with E-state index in [4.69, 9.17) is 4.74 Å². The van der Waals surface area contributed by atoms with Crippen molar-refractivity contribution >= 4 is 54.5 Å². The van der Waals surface area contributed by atoms with Gasteiger partial charge in [0.2, 0.25) is 5.91 Å². The number of nitrogens with zero attached hydrogens (tertiary/aromatic N) is 2. The number of benzene rings is 2. The summed E-state index contributed by atoms with van der Waals surface area (Å²) in [5, 5.41) is 12.0. The smallest absolute Gasteiger partial charge is 0.255 e. The Kier molecular flexibility index (Phi) is 9.01. The fraction of sp³-hybridized carbons (Fsp3) is 0.462. The number of rotatable bonds is 11. The second-order valence-corrected chi connectivity index (χ2v) is 12.1. The van der Waals surface area contributed by atoms with Crippen molar-refractivity contribution in [2.75, 3.05) is 49.3 Å². The number of piperidine rings is 1. The number of ether oxygens (including phenoxy) is 1. The Morgan fingerprint density at radius 1 is 1.14 bits per heavy atom. The highest BCUT2D eigenvalue weighted by Gasteiger charge is 2.39. The highest BCUT2D eigenvalue weighted by Crippen LogP contribution is 2.34. The molecule has 9 nitrogen and oxygen atoms in total. The normalized spacial score (nSPS) is 16.6. The van der Waals surface area contributed by atoms with E-state index >= 15 is 0 Å². The van der Waals surface area contributed by atoms with Gasteiger partial charge in [-0.25, -0.2) is 13.4 Å². The number of aromatic nitrogens is 1. The number of methoxy groups -OCH3 is 1. The molecule has 1 amide bonds. The van der Waals surface area contributed by atoms with E-state index in [1.807, 2.05) is 43.3 Å². The molecule has 200 valence electrons. The zero-order valence-electron chi connectivity index (χ0n) is 21.5. The number of amides is 1. The lowest BCUT2D eigenvalue weighted by molar-refractivity contribution is -0.120. The Morgan fingerprint density at radius 2 is 1.86 bits per heavy atom. The summed E-state index contributed by atoms with van der Waals surface area (Å²) >= 11 is 1.12. The molecule has 2 heterocycles. The fourth-order valence-corrected chi connectivity index (χ4v) is 7.88. The Bertz CT molecular complexity index is 1340. The maximum absolute atomic E-state index is 13.7. The third kappa shape index (κ3) is 6.06. The maximum Gasteiger partial charge on any atom is 0.255 e. The van der Waals surface area contributed by atoms with E-state index in [0.717, 1.165) is 47.2 Å². The van der Waals surface area contributed by atoms with Gasteiger partial charge >= 0.3 is 0 Å². The first kappa shape index (κ1) is 27.3. The number of nitrogens with one attached hydrogen (secondary N) is 3. The molecule has 1 unspecified atom stereocenters. The molecule has 1 saturated heterocycles. The number of thiazole rings is 1. The van der Waals surface area contributed by atoms with Crippen LogP contribution in [0.25, 0.3) is 10.8 Å². The molecular formula is C26H35N5O4S2. The van der Waals surface area contributed by atoms with Crippen LogP contribution >= 0.6 is 11.3 Å². The zero-order valence-corrected chi connectivity index (χ0v) is 23.2. The first-order valence-corrected chi connectivity index (χ1v) is 14.9. The van der Waals surface area contributed by atoms with Crippen LogP contribution in [0.15, 0.2) is 40.6 Å². The van der Waals surface area contributed by atoms with Crippen molar-refractivity contribution in [2.45, 2.75) is 49.8 Å². The number of carbonyl (C=O) groups excluding carboxylic acids is 1. The highest BCUT2D eigenvalue weighted by atomic mass is 32.2. The summed E-state index contributed by atoms with van der Waals surface area (Å²) < 4.78 is 34.0. The minimum atomic E-state index is -3.87. The molecule has 1 fully saturated rings. The number of carbonyl (C=O) groups is 1. The molecule has 2 aromatic carbocycles. The number of hydrogen-bond donors (Lipinski definition) is 3. The summed E-state index contributed by atoms with van der Waals surface area (Å²) in [6.07, 6.45) is 2.86. The minimum absolute atomic E-state index is 0.192. The lowest BCUT2D eigenvalue weighted by Gasteiger charge is -2.33. The predicted octanol–water partition coefficient (Wildman–Crippen LogP) is 4.67. The van der Waals surface area contributed by atoms with Crippen LogP contribution in [-0.4, -0.2) is 63.0 Å². The fourth-order valence-electron chi connectivity index (χ4n) is 4.63. The van der Waals surface area contributed by atoms with Crippen LogP contribution in [-0.2, 0) is 19.6 Å². The molecule has 4 rings (SSSR count). The van der Waals surface area contributed by atoms with Crippen LogP contribution in [0.5, 0.6) is 0 Å². The van der Waals surface area contributed by atoms with Gasteiger partial charge in [0.05, 0.1) is 5.69 Å². The lowest BCUT2D eigenvalue weighted by Crippen LogP contribution is -2.49. The molecule has 0 saturated carbocycles. The van der Waals surface area contributed by atoms with E-state index in [9.17, 15) is 13.2 Å². The molecule has 0 bridgehead atoms. The molecule has 1 atom stereocenters. The van der Waals surface area contributed by atoms with Gasteiger partial charge in [0.25, 0.3) is 10.0 Å². The monoisotopic (exact) mass is 545 g/mol. The quantitative estimate of drug-likeness (QED) is 0.300. The topological polar surface area (TPSA) is 113 Å². The SMILES string of the molecule is CCNc1nc(C)c(S(=O)(=O)N2CCCCC2C(=O)Nc2ccc(NCCCOC)c3ccccc23)s1. The molecule has 1 aliphatic rings. The van der Waals surface area contributed by atoms with Crippen LogP contribution in [0.3, 0.4) is 0 Å². The molecule has 1 aromatic heterocycles. The second kappa shape index (κ2) is 12.2. The summed E-state index contributed by atoms with van der Waals surface area (Å²) in [7, 11) is -2.19. The molecule has 3 N–H and O–H groups in total. The van der Waals surface area contributed by atoms with Gasteiger partial charge in [-0.15, -0.1) is 0 Å². The number of hydrogen-bond acceptors (Lipinski definition) is 8. The van der Waals surface area contributed by atoms with Crippen molar-refractivity contribution < 1.29 is 17.9 Å². The molecule has 0 spiro atoms. The average molecular weight is 546 g/mol. The summed E-state index contributed by atoms with van der Waals surface area (Å²) in [6.45, 7) is 6.03. The van der Waals surface area contributed by atoms with Crippen molar-refractivity contribution in [3.8, 4) is 0 Å². The first-order valence-electron chi connectivity index (χ1n) is 12.7. The van der Waals surface area contributed by atoms with Crippen LogP contribution in [0, 0.1) is 6.92 Å². The molecule has 37 heavy (non-hydrogen) atoms. The number of sulfonamides is 1. The van der Waals surface area contributed by atoms with Gasteiger partial charge in [-0.2, -0.15) is 4.31 Å². The lowest BCUT2D eigenvalue weighted by atomic mass is 10.0. The van der Waals surface area contributed by atoms with Gasteiger partial charge in [-0.1, -0.05) is 42.0 Å². The first-order chi connectivity index (χ1) is 17.9. The second-order valence-electron chi connectivity index (χ2n) is 9.02. The number of anilines is 3. The maximum atomic E-state index is 13.7. The van der Waals surface area contributed by atoms with E-state index in [-0.39, 0.29) is 10.1 Å². The summed E-state index contributed by atoms with van der Waals surface area (Å²) in [5.41, 5.74) is 2.09. The Morgan fingerprint density at radius 3 is 2.59 bits per heavy atom. The summed E-state index contributed by atoms with van der Waals surface area (Å²) in [4.78, 5) is 17.9. The standard InChI is InChI=1S/C26H35N5O4S2/c1-4-27-26-29-18(2)25(36-26)37(33,34)31-16-8-7-12-23(31)24(32)30-22-14-13-21(28-15-9-17-35-3)19-10-5-6-11-20(19)22/h5-6,10-11,13-14,23,28H,4,7-9,12,15-17H2,1-3H3,(H,27,29)(H,30,32). The third-order valence-electron chi connectivity index (χ3n) is 6.40. The zero-order chi connectivity index (χ0) is 26.4. The van der Waals surface area contributed by atoms with Crippen molar-refractivity contribution in [3.63, 3.8) is 0 Å². The molecule has 11 heteroatoms. The van der Waals surface area contributed by atoms with Crippen LogP contribution in [0.4, 0.5) is 16.5 Å². The van der Waals surface area contributed by atoms with Crippen LogP contribution in [0.2, 0.25) is 0 Å². The van der Waals surface area contributed by atoms with Crippen LogP contribution in [0.1, 0.15) is 38.3 Å². The van der Waals surface area contributed by atoms with Gasteiger partial charge in [-0.3, -0.25) is 4.79 Å².